The predicted molar refractivity (Wildman–Crippen MR) is 161 cm³/mol. The number of nitrogens with zero attached hydrogens (tertiary/aromatic N) is 3. The number of aromatic nitrogens is 2. The number of para-hydroxylation sites is 1. The second kappa shape index (κ2) is 10.6. The summed E-state index contributed by atoms with van der Waals surface area (Å²) in [7, 11) is 0. The van der Waals surface area contributed by atoms with Crippen LogP contribution in [0.2, 0.25) is 5.02 Å². The van der Waals surface area contributed by atoms with Crippen LogP contribution in [0.15, 0.2) is 109 Å². The van der Waals surface area contributed by atoms with Crippen molar-refractivity contribution in [2.24, 2.45) is 0 Å². The van der Waals surface area contributed by atoms with E-state index in [2.05, 4.69) is 46.8 Å². The Morgan fingerprint density at radius 1 is 0.821 bits per heavy atom. The van der Waals surface area contributed by atoms with Crippen molar-refractivity contribution in [3.63, 3.8) is 0 Å². The van der Waals surface area contributed by atoms with Gasteiger partial charge in [0.1, 0.15) is 11.5 Å². The van der Waals surface area contributed by atoms with E-state index in [0.29, 0.717) is 10.1 Å². The Balaban J connectivity index is 1.41. The summed E-state index contributed by atoms with van der Waals surface area (Å²) in [6.07, 6.45) is 1.83. The first-order valence-corrected chi connectivity index (χ1v) is 13.6. The van der Waals surface area contributed by atoms with Crippen LogP contribution in [-0.2, 0) is 0 Å². The molecule has 0 saturated carbocycles. The molecule has 1 N–H and O–H groups in total. The monoisotopic (exact) mass is 550 g/mol. The Hall–Kier alpha value is -4.13. The van der Waals surface area contributed by atoms with Crippen molar-refractivity contribution < 1.29 is 4.74 Å². The zero-order valence-corrected chi connectivity index (χ0v) is 23.2. The van der Waals surface area contributed by atoms with Crippen molar-refractivity contribution in [1.29, 1.82) is 0 Å². The fourth-order valence-corrected chi connectivity index (χ4v) is 5.79. The molecule has 0 aliphatic carbocycles. The van der Waals surface area contributed by atoms with Crippen molar-refractivity contribution in [2.45, 2.75) is 25.9 Å². The summed E-state index contributed by atoms with van der Waals surface area (Å²) >= 11 is 12.1. The van der Waals surface area contributed by atoms with Gasteiger partial charge in [0, 0.05) is 34.0 Å². The number of aryl methyl sites for hydroxylation is 1. The van der Waals surface area contributed by atoms with E-state index in [-0.39, 0.29) is 12.1 Å². The molecule has 0 bridgehead atoms. The van der Waals surface area contributed by atoms with E-state index in [0.717, 1.165) is 40.0 Å². The van der Waals surface area contributed by atoms with Gasteiger partial charge in [0.15, 0.2) is 5.11 Å². The summed E-state index contributed by atoms with van der Waals surface area (Å²) in [5.41, 5.74) is 6.43. The van der Waals surface area contributed by atoms with Gasteiger partial charge in [-0.25, -0.2) is 0 Å². The number of hydrogen-bond donors (Lipinski definition) is 1. The molecule has 0 spiro atoms. The number of anilines is 1. The average molecular weight is 551 g/mol. The third-order valence-corrected chi connectivity index (χ3v) is 7.63. The highest BCUT2D eigenvalue weighted by molar-refractivity contribution is 7.80. The highest BCUT2D eigenvalue weighted by Crippen LogP contribution is 2.44. The fraction of sp³-hybridized carbons (Fsp3) is 0.125. The second-order valence-electron chi connectivity index (χ2n) is 9.54. The van der Waals surface area contributed by atoms with Crippen molar-refractivity contribution in [3.05, 3.63) is 137 Å². The zero-order chi connectivity index (χ0) is 26.9. The molecule has 5 aromatic rings. The summed E-state index contributed by atoms with van der Waals surface area (Å²) in [5.74, 6) is 1.56. The minimum Gasteiger partial charge on any atom is -0.457 e. The fourth-order valence-electron chi connectivity index (χ4n) is 5.32. The molecule has 3 heterocycles. The van der Waals surface area contributed by atoms with Crippen LogP contribution in [0.25, 0.3) is 5.69 Å². The predicted octanol–water partition coefficient (Wildman–Crippen LogP) is 8.11. The normalized spacial score (nSPS) is 16.8. The molecule has 6 rings (SSSR count). The number of pyridine rings is 1. The molecule has 194 valence electrons. The number of hydrogen-bond acceptors (Lipinski definition) is 3. The van der Waals surface area contributed by atoms with E-state index in [1.165, 1.54) is 5.56 Å². The summed E-state index contributed by atoms with van der Waals surface area (Å²) in [6, 6.07) is 33.8. The van der Waals surface area contributed by atoms with Crippen molar-refractivity contribution in [1.82, 2.24) is 14.9 Å². The maximum Gasteiger partial charge on any atom is 0.174 e. The van der Waals surface area contributed by atoms with E-state index in [1.54, 1.807) is 0 Å². The molecule has 39 heavy (non-hydrogen) atoms. The quantitative estimate of drug-likeness (QED) is 0.216. The van der Waals surface area contributed by atoms with Gasteiger partial charge in [-0.2, -0.15) is 0 Å². The van der Waals surface area contributed by atoms with Crippen LogP contribution in [0, 0.1) is 13.8 Å². The minimum atomic E-state index is -0.127. The number of benzene rings is 3. The lowest BCUT2D eigenvalue weighted by molar-refractivity contribution is 0.482. The van der Waals surface area contributed by atoms with Gasteiger partial charge < -0.3 is 19.5 Å². The molecule has 5 nitrogen and oxygen atoms in total. The number of ether oxygens (including phenoxy) is 1. The third-order valence-electron chi connectivity index (χ3n) is 7.07. The van der Waals surface area contributed by atoms with Gasteiger partial charge in [-0.3, -0.25) is 4.98 Å². The first kappa shape index (κ1) is 25.2. The number of halogens is 1. The molecule has 1 aliphatic heterocycles. The van der Waals surface area contributed by atoms with Crippen molar-refractivity contribution in [3.8, 4) is 17.2 Å². The molecule has 0 unspecified atom stereocenters. The first-order chi connectivity index (χ1) is 19.0. The van der Waals surface area contributed by atoms with E-state index in [4.69, 9.17) is 33.5 Å². The van der Waals surface area contributed by atoms with E-state index < -0.39 is 0 Å². The van der Waals surface area contributed by atoms with Crippen LogP contribution >= 0.6 is 23.8 Å². The van der Waals surface area contributed by atoms with Gasteiger partial charge in [-0.1, -0.05) is 35.9 Å². The Morgan fingerprint density at radius 3 is 2.18 bits per heavy atom. The Labute approximate surface area is 238 Å². The van der Waals surface area contributed by atoms with Gasteiger partial charge in [0.05, 0.1) is 17.8 Å². The molecule has 2 atom stereocenters. The SMILES string of the molecule is Cc1cc([C@H]2[C@@H](c3ccccn3)NC(=S)N2c2ccc(Oc3ccccc3)cc2)c(C)n1-c1ccc(Cl)cc1. The van der Waals surface area contributed by atoms with Crippen LogP contribution in [0.3, 0.4) is 0 Å². The molecule has 0 radical (unpaired) electrons. The van der Waals surface area contributed by atoms with Crippen molar-refractivity contribution >= 4 is 34.6 Å². The molecular formula is C32H27ClN4OS. The zero-order valence-electron chi connectivity index (χ0n) is 21.6. The van der Waals surface area contributed by atoms with Gasteiger partial charge in [0.2, 0.25) is 0 Å². The topological polar surface area (TPSA) is 42.3 Å². The largest absolute Gasteiger partial charge is 0.457 e. The third kappa shape index (κ3) is 4.89. The average Bonchev–Trinajstić information content (AvgIpc) is 3.45. The van der Waals surface area contributed by atoms with Crippen LogP contribution in [-0.4, -0.2) is 14.7 Å². The highest BCUT2D eigenvalue weighted by Gasteiger charge is 2.42. The van der Waals surface area contributed by atoms with E-state index >= 15 is 0 Å². The highest BCUT2D eigenvalue weighted by atomic mass is 35.5. The van der Waals surface area contributed by atoms with E-state index in [1.807, 2.05) is 91.1 Å². The summed E-state index contributed by atoms with van der Waals surface area (Å²) in [4.78, 5) is 6.89. The molecule has 3 aromatic carbocycles. The molecule has 0 amide bonds. The Kier molecular flexibility index (Phi) is 6.81. The molecule has 1 aliphatic rings. The maximum atomic E-state index is 6.18. The smallest absolute Gasteiger partial charge is 0.174 e. The second-order valence-corrected chi connectivity index (χ2v) is 10.4. The first-order valence-electron chi connectivity index (χ1n) is 12.8. The molecule has 2 aromatic heterocycles. The van der Waals surface area contributed by atoms with Gasteiger partial charge >= 0.3 is 0 Å². The summed E-state index contributed by atoms with van der Waals surface area (Å²) < 4.78 is 8.29. The van der Waals surface area contributed by atoms with E-state index in [9.17, 15) is 0 Å². The Morgan fingerprint density at radius 2 is 1.49 bits per heavy atom. The van der Waals surface area contributed by atoms with Crippen LogP contribution in [0.4, 0.5) is 5.69 Å². The van der Waals surface area contributed by atoms with Crippen LogP contribution in [0.5, 0.6) is 11.5 Å². The standard InChI is InChI=1S/C32H27ClN4OS/c1-21-20-28(22(2)36(21)24-13-11-23(33)12-14-24)31-30(29-10-6-7-19-34-29)35-32(39)37(31)25-15-17-27(18-16-25)38-26-8-4-3-5-9-26/h3-20,30-31H,1-2H3,(H,35,39)/t30-,31+/m1/s1. The minimum absolute atomic E-state index is 0.111. The van der Waals surface area contributed by atoms with Crippen LogP contribution in [0.1, 0.15) is 34.7 Å². The molecule has 1 fully saturated rings. The lowest BCUT2D eigenvalue weighted by Gasteiger charge is -2.28. The molecule has 1 saturated heterocycles. The number of thiocarbonyl (C=S) groups is 1. The molecule has 7 heteroatoms. The summed E-state index contributed by atoms with van der Waals surface area (Å²) in [6.45, 7) is 4.28. The lowest BCUT2D eigenvalue weighted by atomic mass is 9.96. The van der Waals surface area contributed by atoms with Crippen LogP contribution < -0.4 is 15.0 Å². The van der Waals surface area contributed by atoms with Gasteiger partial charge in [0.25, 0.3) is 0 Å². The van der Waals surface area contributed by atoms with Crippen molar-refractivity contribution in [2.75, 3.05) is 4.90 Å². The van der Waals surface area contributed by atoms with Gasteiger partial charge in [-0.15, -0.1) is 0 Å². The van der Waals surface area contributed by atoms with Gasteiger partial charge in [-0.05, 0) is 110 Å². The maximum absolute atomic E-state index is 6.18. The summed E-state index contributed by atoms with van der Waals surface area (Å²) in [5, 5.41) is 4.93. The lowest BCUT2D eigenvalue weighted by Crippen LogP contribution is -2.29. The molecular weight excluding hydrogens is 524 g/mol. The number of rotatable bonds is 6. The Bertz CT molecular complexity index is 1600. The number of nitrogens with one attached hydrogen (secondary N) is 1.